The third-order valence-corrected chi connectivity index (χ3v) is 15.0. The highest BCUT2D eigenvalue weighted by atomic mass is 35.5. The van der Waals surface area contributed by atoms with E-state index in [4.69, 9.17) is 56.6 Å². The van der Waals surface area contributed by atoms with E-state index in [-0.39, 0.29) is 25.5 Å². The van der Waals surface area contributed by atoms with E-state index < -0.39 is 29.6 Å². The van der Waals surface area contributed by atoms with Crippen molar-refractivity contribution in [1.29, 1.82) is 0 Å². The molecule has 4 aliphatic rings. The molecule has 14 nitrogen and oxygen atoms in total. The fourth-order valence-corrected chi connectivity index (χ4v) is 10.9. The van der Waals surface area contributed by atoms with Gasteiger partial charge in [-0.25, -0.2) is 29.1 Å². The van der Waals surface area contributed by atoms with Crippen LogP contribution in [0.15, 0.2) is 61.1 Å². The van der Waals surface area contributed by atoms with E-state index in [0.717, 1.165) is 51.9 Å². The van der Waals surface area contributed by atoms with Crippen LogP contribution in [0.25, 0.3) is 31.8 Å². The van der Waals surface area contributed by atoms with Crippen molar-refractivity contribution in [1.82, 2.24) is 29.7 Å². The van der Waals surface area contributed by atoms with Gasteiger partial charge in [0.15, 0.2) is 11.6 Å². The maximum atomic E-state index is 14.4. The van der Waals surface area contributed by atoms with Gasteiger partial charge in [-0.1, -0.05) is 35.3 Å². The van der Waals surface area contributed by atoms with Crippen molar-refractivity contribution in [3.05, 3.63) is 105 Å². The van der Waals surface area contributed by atoms with Gasteiger partial charge in [-0.05, 0) is 105 Å². The number of halogens is 3. The van der Waals surface area contributed by atoms with E-state index in [1.807, 2.05) is 13.8 Å². The van der Waals surface area contributed by atoms with Crippen LogP contribution in [0, 0.1) is 19.7 Å². The number of methoxy groups -OCH3 is 1. The number of hydrogen-bond acceptors (Lipinski definition) is 14. The lowest BCUT2D eigenvalue weighted by Gasteiger charge is -2.35. The van der Waals surface area contributed by atoms with Gasteiger partial charge in [-0.15, -0.1) is 11.3 Å². The predicted octanol–water partition coefficient (Wildman–Crippen LogP) is 9.35. The van der Waals surface area contributed by atoms with Gasteiger partial charge < -0.3 is 38.4 Å². The van der Waals surface area contributed by atoms with Crippen LogP contribution in [0.1, 0.15) is 53.9 Å². The van der Waals surface area contributed by atoms with Crippen LogP contribution in [0.4, 0.5) is 4.39 Å². The molecule has 2 fully saturated rings. The Kier molecular flexibility index (Phi) is 14.6. The Morgan fingerprint density at radius 2 is 1.71 bits per heavy atom. The minimum absolute atomic E-state index is 0.0295. The molecule has 68 heavy (non-hydrogen) atoms. The topological polar surface area (TPSA) is 151 Å². The number of benzene rings is 3. The normalized spacial score (nSPS) is 18.8. The first kappa shape index (κ1) is 47.8. The number of rotatable bonds is 12. The molecular weight excluding hydrogens is 935 g/mol. The Morgan fingerprint density at radius 3 is 2.43 bits per heavy atom. The van der Waals surface area contributed by atoms with Crippen LogP contribution in [-0.4, -0.2) is 120 Å². The highest BCUT2D eigenvalue weighted by Gasteiger charge is 2.40. The lowest BCUT2D eigenvalue weighted by molar-refractivity contribution is -0.145. The third-order valence-electron chi connectivity index (χ3n) is 12.9. The molecule has 6 heterocycles. The number of likely N-dealkylation sites (N-methyl/N-ethyl adjacent to an activating group) is 1. The lowest BCUT2D eigenvalue weighted by Crippen LogP contribution is -2.49. The molecule has 3 aromatic carbocycles. The summed E-state index contributed by atoms with van der Waals surface area (Å²) in [6.45, 7) is 8.80. The predicted molar refractivity (Wildman–Crippen MR) is 258 cm³/mol. The summed E-state index contributed by atoms with van der Waals surface area (Å²) < 4.78 is 52.4. The van der Waals surface area contributed by atoms with Crippen molar-refractivity contribution in [2.24, 2.45) is 0 Å². The minimum atomic E-state index is -1.47. The van der Waals surface area contributed by atoms with Crippen LogP contribution >= 0.6 is 34.5 Å². The molecule has 1 aliphatic carbocycles. The molecule has 0 amide bonds. The van der Waals surface area contributed by atoms with Gasteiger partial charge in [0.2, 0.25) is 12.0 Å². The van der Waals surface area contributed by atoms with Gasteiger partial charge in [0.25, 0.3) is 0 Å². The summed E-state index contributed by atoms with van der Waals surface area (Å²) in [5.41, 5.74) is 3.80. The first-order valence-electron chi connectivity index (χ1n) is 22.7. The second-order valence-corrected chi connectivity index (χ2v) is 19.3. The van der Waals surface area contributed by atoms with E-state index in [1.165, 1.54) is 29.8 Å². The average Bonchev–Trinajstić information content (AvgIpc) is 3.98. The van der Waals surface area contributed by atoms with Gasteiger partial charge in [0, 0.05) is 68.5 Å². The van der Waals surface area contributed by atoms with Gasteiger partial charge >= 0.3 is 5.97 Å². The standard InChI is InChI=1S/C50H53Cl2FN6O8S/c1-29-39-30(2)43(52)44(42(29)51)66-36(25-59-19-17-58(3)18-20-59)27-63-35-11-12-37(64-26-34-13-16-54-49(57-34)50(14-5-6-15-50)65-22-21-62-4)32(23-35)24-38(48(60)61)67-46-41-40(39)45(68-47(41)56-28-55-46)31-7-9-33(53)10-8-31/h7-13,16,23,28,36,38H,5-6,14-15,17-22,24-27H2,1-4H3,(H,60,61)/t36-,38-/m1/s1. The zero-order valence-electron chi connectivity index (χ0n) is 38.4. The van der Waals surface area contributed by atoms with Crippen molar-refractivity contribution >= 4 is 50.7 Å². The number of ether oxygens (including phenoxy) is 6. The smallest absolute Gasteiger partial charge is 0.345 e. The summed E-state index contributed by atoms with van der Waals surface area (Å²) in [7, 11) is 3.75. The molecule has 2 atom stereocenters. The number of nitrogens with zero attached hydrogens (tertiary/aromatic N) is 6. The number of carboxylic acid groups (broad SMARTS) is 1. The first-order valence-corrected chi connectivity index (χ1v) is 24.3. The van der Waals surface area contributed by atoms with Crippen LogP contribution in [-0.2, 0) is 32.9 Å². The van der Waals surface area contributed by atoms with Crippen molar-refractivity contribution < 1.29 is 42.7 Å². The fourth-order valence-electron chi connectivity index (χ4n) is 9.26. The fraction of sp³-hybridized carbons (Fsp3) is 0.420. The van der Waals surface area contributed by atoms with Crippen LogP contribution in [0.3, 0.4) is 0 Å². The van der Waals surface area contributed by atoms with E-state index in [1.54, 1.807) is 49.7 Å². The van der Waals surface area contributed by atoms with Crippen LogP contribution < -0.4 is 18.9 Å². The lowest BCUT2D eigenvalue weighted by atomic mass is 9.92. The van der Waals surface area contributed by atoms with E-state index >= 15 is 0 Å². The number of piperazine rings is 1. The molecule has 0 unspecified atom stereocenters. The summed E-state index contributed by atoms with van der Waals surface area (Å²) in [6.07, 6.45) is 4.51. The molecule has 3 aliphatic heterocycles. The molecule has 4 bridgehead atoms. The number of aromatic nitrogens is 4. The first-order chi connectivity index (χ1) is 32.9. The van der Waals surface area contributed by atoms with Crippen molar-refractivity contribution in [3.8, 4) is 44.7 Å². The Labute approximate surface area is 408 Å². The molecular formula is C50H53Cl2FN6O8S. The van der Waals surface area contributed by atoms with Gasteiger partial charge in [0.1, 0.15) is 53.4 Å². The third kappa shape index (κ3) is 10.1. The zero-order valence-corrected chi connectivity index (χ0v) is 40.7. The highest BCUT2D eigenvalue weighted by molar-refractivity contribution is 7.22. The molecule has 1 saturated carbocycles. The molecule has 1 saturated heterocycles. The highest BCUT2D eigenvalue weighted by Crippen LogP contribution is 2.53. The summed E-state index contributed by atoms with van der Waals surface area (Å²) in [6, 6.07) is 13.2. The van der Waals surface area contributed by atoms with Crippen LogP contribution in [0.5, 0.6) is 23.1 Å². The number of aliphatic carboxylic acids is 1. The zero-order chi connectivity index (χ0) is 47.5. The molecule has 1 N–H and O–H groups in total. The van der Waals surface area contributed by atoms with E-state index in [2.05, 4.69) is 31.8 Å². The van der Waals surface area contributed by atoms with Crippen molar-refractivity contribution in [2.45, 2.75) is 70.4 Å². The number of carbonyl (C=O) groups is 1. The second-order valence-electron chi connectivity index (χ2n) is 17.5. The van der Waals surface area contributed by atoms with Gasteiger partial charge in [0.05, 0.1) is 34.3 Å². The summed E-state index contributed by atoms with van der Waals surface area (Å²) in [4.78, 5) is 38.0. The quantitative estimate of drug-likeness (QED) is 0.116. The Morgan fingerprint density at radius 1 is 0.956 bits per heavy atom. The molecule has 3 aromatic heterocycles. The number of thiophene rings is 1. The van der Waals surface area contributed by atoms with Crippen molar-refractivity contribution in [2.75, 3.05) is 66.7 Å². The monoisotopic (exact) mass is 986 g/mol. The summed E-state index contributed by atoms with van der Waals surface area (Å²) in [5, 5.41) is 12.0. The Bertz CT molecular complexity index is 2760. The SMILES string of the molecule is COCCOC1(c2nccc(COc3ccc4cc3C[C@H](C(=O)O)Oc3ncnc5sc(-c6ccc(F)cc6)c(c35)-c3c(C)c(Cl)c(c(Cl)c3C)O[C@H](CN3CCN(C)CC3)CO4)n2)CCCC1. The molecule has 0 spiro atoms. The van der Waals surface area contributed by atoms with Crippen molar-refractivity contribution in [3.63, 3.8) is 0 Å². The second kappa shape index (κ2) is 20.8. The minimum Gasteiger partial charge on any atom is -0.490 e. The number of carboxylic acids is 1. The van der Waals surface area contributed by atoms with E-state index in [9.17, 15) is 14.3 Å². The molecule has 6 aromatic rings. The molecule has 0 radical (unpaired) electrons. The summed E-state index contributed by atoms with van der Waals surface area (Å²) >= 11 is 16.0. The maximum absolute atomic E-state index is 14.4. The number of fused-ring (bicyclic) bond motifs is 7. The number of hydrogen-bond donors (Lipinski definition) is 1. The van der Waals surface area contributed by atoms with Crippen LogP contribution in [0.2, 0.25) is 10.0 Å². The summed E-state index contributed by atoms with van der Waals surface area (Å²) in [5.74, 6) is 0.186. The van der Waals surface area contributed by atoms with Gasteiger partial charge in [-0.3, -0.25) is 4.90 Å². The van der Waals surface area contributed by atoms with Gasteiger partial charge in [-0.2, -0.15) is 0 Å². The Hall–Kier alpha value is -5.20. The van der Waals surface area contributed by atoms with E-state index in [0.29, 0.717) is 107 Å². The molecule has 18 heteroatoms. The average molecular weight is 988 g/mol. The molecule has 10 rings (SSSR count). The maximum Gasteiger partial charge on any atom is 0.345 e. The Balaban J connectivity index is 1.14. The largest absolute Gasteiger partial charge is 0.490 e. The molecule has 358 valence electrons.